The average molecular weight is 607 g/mol. The lowest BCUT2D eigenvalue weighted by molar-refractivity contribution is 0.412. The van der Waals surface area contributed by atoms with E-state index in [4.69, 9.17) is 0 Å². The number of rotatable bonds is 5. The van der Waals surface area contributed by atoms with Crippen LogP contribution in [0.25, 0.3) is 0 Å². The fourth-order valence-corrected chi connectivity index (χ4v) is 9.35. The Morgan fingerprint density at radius 3 is 0.652 bits per heavy atom. The van der Waals surface area contributed by atoms with E-state index >= 15 is 0 Å². The van der Waals surface area contributed by atoms with Crippen molar-refractivity contribution in [3.05, 3.63) is 142 Å². The van der Waals surface area contributed by atoms with Crippen LogP contribution in [0.15, 0.2) is 142 Å². The maximum absolute atomic E-state index is 2.79. The Bertz CT molecular complexity index is 1550. The highest BCUT2D eigenvalue weighted by atomic mass is 15.6. The van der Waals surface area contributed by atoms with E-state index in [2.05, 4.69) is 172 Å². The van der Waals surface area contributed by atoms with Crippen LogP contribution < -0.4 is 19.6 Å². The summed E-state index contributed by atoms with van der Waals surface area (Å²) >= 11 is 0. The molecular formula is C42H46N4. The van der Waals surface area contributed by atoms with E-state index in [-0.39, 0.29) is 36.5 Å². The minimum absolute atomic E-state index is 0.0109. The van der Waals surface area contributed by atoms with Crippen LogP contribution in [-0.2, 0) is 0 Å². The van der Waals surface area contributed by atoms with Crippen molar-refractivity contribution in [2.24, 2.45) is 0 Å². The van der Waals surface area contributed by atoms with Crippen LogP contribution in [-0.4, -0.2) is 36.5 Å². The van der Waals surface area contributed by atoms with Gasteiger partial charge in [-0.05, 0) is 124 Å². The van der Waals surface area contributed by atoms with Crippen LogP contribution in [0.1, 0.15) is 55.4 Å². The SMILES string of the molecule is CC1=CC=C(C)C1N1c2ccccc2N(C2C(C)=CC=C2C)C1C1N(C2C(C)=CC=C2C)c2ccccc2N1C1C(C)=CC=C1C. The third kappa shape index (κ3) is 3.98. The lowest BCUT2D eigenvalue weighted by atomic mass is 9.98. The molecule has 0 spiro atoms. The summed E-state index contributed by atoms with van der Waals surface area (Å²) in [5, 5.41) is 0. The average Bonchev–Trinajstić information content (AvgIpc) is 3.87. The molecule has 0 bridgehead atoms. The lowest BCUT2D eigenvalue weighted by Gasteiger charge is -2.51. The quantitative estimate of drug-likeness (QED) is 0.336. The number of fused-ring (bicyclic) bond motifs is 2. The van der Waals surface area contributed by atoms with Crippen LogP contribution in [0.2, 0.25) is 0 Å². The highest BCUT2D eigenvalue weighted by Gasteiger charge is 2.57. The van der Waals surface area contributed by atoms with Crippen molar-refractivity contribution in [2.75, 3.05) is 19.6 Å². The summed E-state index contributed by atoms with van der Waals surface area (Å²) in [4.78, 5) is 11.1. The molecule has 0 amide bonds. The molecule has 46 heavy (non-hydrogen) atoms. The summed E-state index contributed by atoms with van der Waals surface area (Å²) in [7, 11) is 0. The molecule has 2 heterocycles. The van der Waals surface area contributed by atoms with Crippen LogP contribution in [0.4, 0.5) is 22.7 Å². The summed E-state index contributed by atoms with van der Waals surface area (Å²) in [6, 6.07) is 19.1. The Morgan fingerprint density at radius 2 is 0.478 bits per heavy atom. The van der Waals surface area contributed by atoms with Gasteiger partial charge in [0.2, 0.25) is 0 Å². The summed E-state index contributed by atoms with van der Waals surface area (Å²) in [6.07, 6.45) is 18.7. The molecular weight excluding hydrogens is 560 g/mol. The summed E-state index contributed by atoms with van der Waals surface area (Å²) in [6.45, 7) is 18.5. The van der Waals surface area contributed by atoms with E-state index in [1.54, 1.807) is 0 Å². The van der Waals surface area contributed by atoms with Crippen molar-refractivity contribution in [1.82, 2.24) is 0 Å². The zero-order valence-electron chi connectivity index (χ0n) is 28.5. The predicted molar refractivity (Wildman–Crippen MR) is 196 cm³/mol. The van der Waals surface area contributed by atoms with E-state index in [0.717, 1.165) is 0 Å². The van der Waals surface area contributed by atoms with Gasteiger partial charge < -0.3 is 19.6 Å². The normalized spacial score (nSPS) is 22.7. The van der Waals surface area contributed by atoms with Crippen molar-refractivity contribution in [1.29, 1.82) is 0 Å². The molecule has 2 aliphatic heterocycles. The van der Waals surface area contributed by atoms with Crippen molar-refractivity contribution in [3.63, 3.8) is 0 Å². The monoisotopic (exact) mass is 606 g/mol. The van der Waals surface area contributed by atoms with Gasteiger partial charge in [0, 0.05) is 0 Å². The topological polar surface area (TPSA) is 13.0 Å². The number of hydrogen-bond acceptors (Lipinski definition) is 4. The van der Waals surface area contributed by atoms with E-state index in [1.165, 1.54) is 67.3 Å². The number of allylic oxidation sites excluding steroid dienone is 8. The van der Waals surface area contributed by atoms with E-state index in [9.17, 15) is 0 Å². The first-order chi connectivity index (χ1) is 22.2. The first-order valence-corrected chi connectivity index (χ1v) is 16.9. The predicted octanol–water partition coefficient (Wildman–Crippen LogP) is 9.39. The molecule has 0 aromatic heterocycles. The highest BCUT2D eigenvalue weighted by Crippen LogP contribution is 2.55. The molecule has 4 aliphatic carbocycles. The molecule has 2 aromatic rings. The second kappa shape index (κ2) is 10.6. The lowest BCUT2D eigenvalue weighted by Crippen LogP contribution is -2.68. The molecule has 0 N–H and O–H groups in total. The fourth-order valence-electron chi connectivity index (χ4n) is 9.35. The van der Waals surface area contributed by atoms with E-state index in [0.29, 0.717) is 0 Å². The molecule has 0 unspecified atom stereocenters. The Morgan fingerprint density at radius 1 is 0.304 bits per heavy atom. The maximum Gasteiger partial charge on any atom is 0.143 e. The molecule has 8 rings (SSSR count). The zero-order chi connectivity index (χ0) is 32.0. The minimum atomic E-state index is 0.0109. The van der Waals surface area contributed by atoms with Crippen molar-refractivity contribution in [2.45, 2.75) is 91.9 Å². The van der Waals surface area contributed by atoms with Gasteiger partial charge in [-0.1, -0.05) is 72.9 Å². The number of para-hydroxylation sites is 4. The van der Waals surface area contributed by atoms with Gasteiger partial charge in [-0.25, -0.2) is 0 Å². The van der Waals surface area contributed by atoms with Gasteiger partial charge in [0.15, 0.2) is 0 Å². The molecule has 4 nitrogen and oxygen atoms in total. The second-order valence-corrected chi connectivity index (χ2v) is 14.3. The molecule has 0 atom stereocenters. The number of hydrogen-bond donors (Lipinski definition) is 0. The van der Waals surface area contributed by atoms with Gasteiger partial charge in [-0.2, -0.15) is 0 Å². The van der Waals surface area contributed by atoms with Crippen LogP contribution in [0, 0.1) is 0 Å². The summed E-state index contributed by atoms with van der Waals surface area (Å²) in [5.74, 6) is 0. The van der Waals surface area contributed by atoms with Crippen LogP contribution in [0.5, 0.6) is 0 Å². The molecule has 6 aliphatic rings. The maximum atomic E-state index is 2.79. The molecule has 4 heteroatoms. The van der Waals surface area contributed by atoms with Gasteiger partial charge in [0.05, 0.1) is 46.9 Å². The third-order valence-electron chi connectivity index (χ3n) is 11.3. The number of benzene rings is 2. The van der Waals surface area contributed by atoms with Gasteiger partial charge in [-0.3, -0.25) is 0 Å². The van der Waals surface area contributed by atoms with Crippen molar-refractivity contribution in [3.8, 4) is 0 Å². The second-order valence-electron chi connectivity index (χ2n) is 14.3. The fraction of sp³-hybridized carbons (Fsp3) is 0.333. The first kappa shape index (κ1) is 29.0. The Balaban J connectivity index is 1.43. The van der Waals surface area contributed by atoms with Crippen molar-refractivity contribution >= 4 is 22.7 Å². The first-order valence-electron chi connectivity index (χ1n) is 16.9. The van der Waals surface area contributed by atoms with Crippen molar-refractivity contribution < 1.29 is 0 Å². The molecule has 0 radical (unpaired) electrons. The van der Waals surface area contributed by atoms with Gasteiger partial charge in [-0.15, -0.1) is 0 Å². The molecule has 0 saturated heterocycles. The summed E-state index contributed by atoms with van der Waals surface area (Å²) in [5.41, 5.74) is 16.5. The van der Waals surface area contributed by atoms with Crippen LogP contribution >= 0.6 is 0 Å². The largest absolute Gasteiger partial charge is 0.335 e. The Labute approximate surface area is 275 Å². The highest BCUT2D eigenvalue weighted by molar-refractivity contribution is 5.87. The third-order valence-corrected chi connectivity index (χ3v) is 11.3. The van der Waals surface area contributed by atoms with Gasteiger partial charge in [0.25, 0.3) is 0 Å². The van der Waals surface area contributed by atoms with Gasteiger partial charge >= 0.3 is 0 Å². The minimum Gasteiger partial charge on any atom is -0.335 e. The number of anilines is 4. The molecule has 0 fully saturated rings. The zero-order valence-corrected chi connectivity index (χ0v) is 28.5. The Hall–Kier alpha value is -4.44. The molecule has 0 saturated carbocycles. The standard InChI is InChI=1S/C42H46N4/c1-25-17-18-26(2)37(25)43-33-13-9-10-14-34(33)44(38-27(3)19-20-28(38)4)41(43)42-45(39-29(5)21-22-30(39)6)35-15-11-12-16-36(35)46(42)40-31(7)23-24-32(40)8/h9-24,37-42H,1-8H3. The molecule has 2 aromatic carbocycles. The number of nitrogens with zero attached hydrogens (tertiary/aromatic N) is 4. The van der Waals surface area contributed by atoms with Crippen LogP contribution in [0.3, 0.4) is 0 Å². The van der Waals surface area contributed by atoms with E-state index in [1.807, 2.05) is 0 Å². The van der Waals surface area contributed by atoms with Gasteiger partial charge in [0.1, 0.15) is 12.3 Å². The summed E-state index contributed by atoms with van der Waals surface area (Å²) < 4.78 is 0. The van der Waals surface area contributed by atoms with E-state index < -0.39 is 0 Å². The Kier molecular flexibility index (Phi) is 6.65. The smallest absolute Gasteiger partial charge is 0.143 e. The molecule has 234 valence electrons.